The molecule has 0 bridgehead atoms. The number of pyridine rings is 1. The van der Waals surface area contributed by atoms with Crippen LogP contribution in [-0.4, -0.2) is 80.3 Å². The molecule has 5 aromatic heterocycles. The van der Waals surface area contributed by atoms with Crippen LogP contribution in [0.4, 0.5) is 20.3 Å². The van der Waals surface area contributed by atoms with Crippen molar-refractivity contribution in [2.24, 2.45) is 7.05 Å². The smallest absolute Gasteiger partial charge is 0.376 e. The van der Waals surface area contributed by atoms with E-state index in [0.29, 0.717) is 83.0 Å². The number of fused-ring (bicyclic) bond motifs is 3. The number of amides is 1. The predicted molar refractivity (Wildman–Crippen MR) is 234 cm³/mol. The second-order valence-electron chi connectivity index (χ2n) is 18.9. The first kappa shape index (κ1) is 39.9. The standard InChI is InChI=1S/C47H47F2N11O5/c1-25-37-33(52-60(29-8-9-32(48)30(21-29)26-5-6-26)41(37)58-19-18-57(45(58)63)36-12-11-34-31(39(36)49)23-50-55(34)4)13-17-56(25)42(61)40-38(47(15-16-47)43-51-44(62)65-54-43)35-10-7-28(24-59(35)53-40)27-14-20-64-46(2,3)22-27/h7-12,18-19,21,23-27,45,63H,5-6,13-17,20,22H2,1-4H3,(H,51,54,62)/t25-,27+,45?/m0/s1. The molecule has 2 saturated carbocycles. The zero-order valence-electron chi connectivity index (χ0n) is 36.3. The van der Waals surface area contributed by atoms with Crippen LogP contribution in [0.2, 0.25) is 0 Å². The maximum atomic E-state index is 16.2. The van der Waals surface area contributed by atoms with Crippen molar-refractivity contribution in [1.82, 2.24) is 44.2 Å². The maximum Gasteiger partial charge on any atom is 0.438 e. The molecule has 3 aliphatic heterocycles. The minimum atomic E-state index is -1.43. The van der Waals surface area contributed by atoms with E-state index >= 15 is 13.6 Å². The van der Waals surface area contributed by atoms with Crippen molar-refractivity contribution in [2.75, 3.05) is 23.0 Å². The Morgan fingerprint density at radius 3 is 2.54 bits per heavy atom. The van der Waals surface area contributed by atoms with Crippen molar-refractivity contribution in [3.05, 3.63) is 129 Å². The highest BCUT2D eigenvalue weighted by Gasteiger charge is 2.54. The fourth-order valence-electron chi connectivity index (χ4n) is 10.7. The fourth-order valence-corrected chi connectivity index (χ4v) is 10.7. The highest BCUT2D eigenvalue weighted by molar-refractivity contribution is 5.97. The van der Waals surface area contributed by atoms with Crippen LogP contribution in [0.3, 0.4) is 0 Å². The van der Waals surface area contributed by atoms with E-state index in [4.69, 9.17) is 19.5 Å². The van der Waals surface area contributed by atoms with Crippen molar-refractivity contribution in [3.8, 4) is 5.69 Å². The number of hydrogen-bond donors (Lipinski definition) is 2. The summed E-state index contributed by atoms with van der Waals surface area (Å²) >= 11 is 0. The Morgan fingerprint density at radius 2 is 1.78 bits per heavy atom. The molecule has 1 saturated heterocycles. The third kappa shape index (κ3) is 6.20. The first-order valence-corrected chi connectivity index (χ1v) is 22.3. The number of carbonyl (C=O) groups is 1. The van der Waals surface area contributed by atoms with Crippen LogP contribution < -0.4 is 15.6 Å². The number of nitrogens with zero attached hydrogens (tertiary/aromatic N) is 10. The van der Waals surface area contributed by atoms with Gasteiger partial charge in [-0.1, -0.05) is 11.2 Å². The number of anilines is 2. The summed E-state index contributed by atoms with van der Waals surface area (Å²) in [6, 6.07) is 11.8. The Bertz CT molecular complexity index is 3190. The monoisotopic (exact) mass is 883 g/mol. The Labute approximate surface area is 370 Å². The van der Waals surface area contributed by atoms with Crippen molar-refractivity contribution in [2.45, 2.75) is 101 Å². The van der Waals surface area contributed by atoms with E-state index in [1.807, 2.05) is 25.3 Å². The van der Waals surface area contributed by atoms with Crippen LogP contribution in [0.5, 0.6) is 0 Å². The molecule has 12 rings (SSSR count). The average molecular weight is 884 g/mol. The van der Waals surface area contributed by atoms with Gasteiger partial charge in [-0.25, -0.2) is 22.8 Å². The lowest BCUT2D eigenvalue weighted by atomic mass is 9.84. The van der Waals surface area contributed by atoms with Crippen LogP contribution >= 0.6 is 0 Å². The molecule has 2 aliphatic carbocycles. The zero-order chi connectivity index (χ0) is 44.7. The summed E-state index contributed by atoms with van der Waals surface area (Å²) in [5, 5.41) is 31.1. The van der Waals surface area contributed by atoms with Crippen molar-refractivity contribution in [3.63, 3.8) is 0 Å². The first-order valence-electron chi connectivity index (χ1n) is 22.3. The summed E-state index contributed by atoms with van der Waals surface area (Å²) in [4.78, 5) is 35.4. The number of aromatic nitrogens is 8. The van der Waals surface area contributed by atoms with Gasteiger partial charge in [0.2, 0.25) is 6.35 Å². The molecular formula is C47H47F2N11O5. The molecule has 7 aromatic rings. The Balaban J connectivity index is 0.964. The molecule has 334 valence electrons. The summed E-state index contributed by atoms with van der Waals surface area (Å²) in [5.41, 5.74) is 4.96. The number of H-pyrrole nitrogens is 1. The SMILES string of the molecule is C[C@H]1c2c(nn(-c3ccc(F)c(C4CC4)c3)c2N2C=CN(c3ccc4c(cnn4C)c3F)C2O)CCN1C(=O)c1nn2cc([C@@H]3CCOC(C)(C)C3)ccc2c1C1(c2noc(=O)[nH]2)CC1. The summed E-state index contributed by atoms with van der Waals surface area (Å²) in [7, 11) is 1.74. The second kappa shape index (κ2) is 14.2. The Kier molecular flexibility index (Phi) is 8.70. The molecule has 16 nitrogen and oxygen atoms in total. The van der Waals surface area contributed by atoms with Gasteiger partial charge in [0.15, 0.2) is 17.3 Å². The number of carbonyl (C=O) groups excluding carboxylic acids is 1. The molecule has 65 heavy (non-hydrogen) atoms. The number of nitrogens with one attached hydrogen (secondary N) is 1. The maximum absolute atomic E-state index is 16.2. The van der Waals surface area contributed by atoms with E-state index in [-0.39, 0.29) is 40.5 Å². The van der Waals surface area contributed by atoms with E-state index in [2.05, 4.69) is 35.2 Å². The van der Waals surface area contributed by atoms with Crippen LogP contribution in [-0.2, 0) is 23.6 Å². The van der Waals surface area contributed by atoms with Crippen LogP contribution in [0, 0.1) is 11.6 Å². The van der Waals surface area contributed by atoms with Gasteiger partial charge in [0.05, 0.1) is 56.7 Å². The number of aromatic amines is 1. The second-order valence-corrected chi connectivity index (χ2v) is 18.9. The number of halogens is 2. The Hall–Kier alpha value is -6.66. The van der Waals surface area contributed by atoms with E-state index in [1.54, 1.807) is 61.3 Å². The number of aryl methyl sites for hydroxylation is 1. The van der Waals surface area contributed by atoms with Gasteiger partial charge < -0.3 is 19.6 Å². The van der Waals surface area contributed by atoms with Gasteiger partial charge in [-0.15, -0.1) is 0 Å². The number of ether oxygens (including phenoxy) is 1. The summed E-state index contributed by atoms with van der Waals surface area (Å²) < 4.78 is 47.5. The third-order valence-electron chi connectivity index (χ3n) is 14.3. The van der Waals surface area contributed by atoms with Crippen molar-refractivity contribution < 1.29 is 27.9 Å². The van der Waals surface area contributed by atoms with Gasteiger partial charge >= 0.3 is 5.76 Å². The van der Waals surface area contributed by atoms with Gasteiger partial charge in [0, 0.05) is 56.3 Å². The van der Waals surface area contributed by atoms with Gasteiger partial charge in [-0.3, -0.25) is 23.9 Å². The molecule has 3 atom stereocenters. The molecule has 0 radical (unpaired) electrons. The fraction of sp³-hybridized carbons (Fsp3) is 0.404. The van der Waals surface area contributed by atoms with Gasteiger partial charge in [-0.2, -0.15) is 15.3 Å². The normalized spacial score (nSPS) is 22.4. The number of benzene rings is 2. The topological polar surface area (TPSA) is 168 Å². The third-order valence-corrected chi connectivity index (χ3v) is 14.3. The van der Waals surface area contributed by atoms with Crippen molar-refractivity contribution in [1.29, 1.82) is 0 Å². The minimum Gasteiger partial charge on any atom is -0.376 e. The first-order chi connectivity index (χ1) is 31.3. The molecule has 1 unspecified atom stereocenters. The van der Waals surface area contributed by atoms with E-state index in [1.165, 1.54) is 17.2 Å². The molecular weight excluding hydrogens is 837 g/mol. The van der Waals surface area contributed by atoms with Gasteiger partial charge in [-0.05, 0) is 119 Å². The number of aliphatic hydroxyl groups is 1. The molecule has 5 aliphatic rings. The zero-order valence-corrected chi connectivity index (χ0v) is 36.3. The van der Waals surface area contributed by atoms with Crippen LogP contribution in [0.1, 0.15) is 121 Å². The average Bonchev–Trinajstić information content (AvgIpc) is 4.03. The van der Waals surface area contributed by atoms with Crippen LogP contribution in [0.15, 0.2) is 76.6 Å². The van der Waals surface area contributed by atoms with Crippen LogP contribution in [0.25, 0.3) is 22.1 Å². The molecule has 1 amide bonds. The highest BCUT2D eigenvalue weighted by atomic mass is 19.1. The number of aliphatic hydroxyl groups excluding tert-OH is 1. The Morgan fingerprint density at radius 1 is 0.985 bits per heavy atom. The van der Waals surface area contributed by atoms with E-state index < -0.39 is 29.4 Å². The molecule has 3 fully saturated rings. The van der Waals surface area contributed by atoms with Gasteiger partial charge in [0.25, 0.3) is 5.91 Å². The van der Waals surface area contributed by atoms with Crippen molar-refractivity contribution >= 4 is 33.8 Å². The number of rotatable bonds is 8. The van der Waals surface area contributed by atoms with E-state index in [0.717, 1.165) is 36.8 Å². The largest absolute Gasteiger partial charge is 0.438 e. The lowest BCUT2D eigenvalue weighted by Crippen LogP contribution is -2.42. The molecule has 0 spiro atoms. The number of hydrogen-bond acceptors (Lipinski definition) is 11. The molecule has 2 N–H and O–H groups in total. The molecule has 2 aromatic carbocycles. The molecule has 8 heterocycles. The highest BCUT2D eigenvalue weighted by Crippen LogP contribution is 2.55. The van der Waals surface area contributed by atoms with E-state index in [9.17, 15) is 9.90 Å². The summed E-state index contributed by atoms with van der Waals surface area (Å²) in [6.45, 7) is 7.06. The summed E-state index contributed by atoms with van der Waals surface area (Å²) in [5.74, 6) is -0.687. The summed E-state index contributed by atoms with van der Waals surface area (Å²) in [6.07, 6.45) is 10.4. The minimum absolute atomic E-state index is 0.109. The quantitative estimate of drug-likeness (QED) is 0.164. The predicted octanol–water partition coefficient (Wildman–Crippen LogP) is 6.82. The molecule has 18 heteroatoms. The lowest BCUT2D eigenvalue weighted by molar-refractivity contribution is -0.0593. The lowest BCUT2D eigenvalue weighted by Gasteiger charge is -2.35. The van der Waals surface area contributed by atoms with Gasteiger partial charge in [0.1, 0.15) is 11.6 Å².